The third-order valence-corrected chi connectivity index (χ3v) is 7.31. The van der Waals surface area contributed by atoms with Gasteiger partial charge in [0.05, 0.1) is 12.1 Å². The van der Waals surface area contributed by atoms with Gasteiger partial charge >= 0.3 is 0 Å². The predicted octanol–water partition coefficient (Wildman–Crippen LogP) is 6.33. The van der Waals surface area contributed by atoms with Gasteiger partial charge in [0.2, 0.25) is 0 Å². The van der Waals surface area contributed by atoms with E-state index in [0.717, 1.165) is 22.7 Å². The SMILES string of the molecule is Cc1cc(F)ccc1[C@@H](O)CC[C@H]1OC(=S)N(c2ccccc2)[C@@H]1C1CCC(C)CC1. The molecule has 2 aromatic rings. The molecule has 166 valence electrons. The molecule has 1 saturated carbocycles. The van der Waals surface area contributed by atoms with Crippen molar-refractivity contribution in [3.8, 4) is 0 Å². The highest BCUT2D eigenvalue weighted by atomic mass is 32.1. The average Bonchev–Trinajstić information content (AvgIpc) is 3.09. The van der Waals surface area contributed by atoms with E-state index in [1.807, 2.05) is 25.1 Å². The molecule has 0 radical (unpaired) electrons. The summed E-state index contributed by atoms with van der Waals surface area (Å²) in [6.07, 6.45) is 5.40. The number of benzene rings is 2. The molecular weight excluding hydrogens is 409 g/mol. The summed E-state index contributed by atoms with van der Waals surface area (Å²) in [5.74, 6) is 1.02. The van der Waals surface area contributed by atoms with Crippen molar-refractivity contribution in [2.24, 2.45) is 11.8 Å². The first-order chi connectivity index (χ1) is 14.9. The van der Waals surface area contributed by atoms with Crippen molar-refractivity contribution in [3.05, 3.63) is 65.5 Å². The summed E-state index contributed by atoms with van der Waals surface area (Å²) in [4.78, 5) is 2.20. The summed E-state index contributed by atoms with van der Waals surface area (Å²) in [6.45, 7) is 4.17. The third kappa shape index (κ3) is 4.93. The maximum Gasteiger partial charge on any atom is 0.264 e. The van der Waals surface area contributed by atoms with Gasteiger partial charge in [0.25, 0.3) is 5.17 Å². The minimum atomic E-state index is -0.643. The first kappa shape index (κ1) is 22.2. The van der Waals surface area contributed by atoms with Crippen LogP contribution in [0.3, 0.4) is 0 Å². The standard InChI is InChI=1S/C26H32FNO2S/c1-17-8-10-19(11-9-17)25-24(30-26(31)28(25)21-6-4-3-5-7-21)15-14-23(29)22-13-12-20(27)16-18(22)2/h3-7,12-13,16-17,19,23-25,29H,8-11,14-15H2,1-2H3/t17?,19?,23-,24+,25+/m0/s1. The summed E-state index contributed by atoms with van der Waals surface area (Å²) < 4.78 is 19.7. The predicted molar refractivity (Wildman–Crippen MR) is 127 cm³/mol. The molecule has 0 unspecified atom stereocenters. The molecule has 2 aliphatic rings. The van der Waals surface area contributed by atoms with Crippen LogP contribution in [0.2, 0.25) is 0 Å². The fourth-order valence-corrected chi connectivity index (χ4v) is 5.62. The fourth-order valence-electron chi connectivity index (χ4n) is 5.27. The number of ether oxygens (including phenoxy) is 1. The maximum absolute atomic E-state index is 13.5. The monoisotopic (exact) mass is 441 g/mol. The Bertz CT molecular complexity index is 898. The quantitative estimate of drug-likeness (QED) is 0.531. The van der Waals surface area contributed by atoms with Crippen molar-refractivity contribution in [1.82, 2.24) is 0 Å². The van der Waals surface area contributed by atoms with Crippen molar-refractivity contribution in [2.45, 2.75) is 70.6 Å². The zero-order valence-corrected chi connectivity index (χ0v) is 19.2. The van der Waals surface area contributed by atoms with Crippen LogP contribution < -0.4 is 4.90 Å². The smallest absolute Gasteiger partial charge is 0.264 e. The van der Waals surface area contributed by atoms with Gasteiger partial charge in [-0.3, -0.25) is 4.90 Å². The van der Waals surface area contributed by atoms with E-state index in [1.165, 1.54) is 37.8 Å². The second-order valence-corrected chi connectivity index (χ2v) is 9.58. The molecule has 1 aliphatic carbocycles. The van der Waals surface area contributed by atoms with Gasteiger partial charge < -0.3 is 9.84 Å². The summed E-state index contributed by atoms with van der Waals surface area (Å²) in [7, 11) is 0. The number of aryl methyl sites for hydroxylation is 1. The molecule has 5 heteroatoms. The second kappa shape index (κ2) is 9.66. The van der Waals surface area contributed by atoms with Crippen LogP contribution in [0, 0.1) is 24.6 Å². The number of aliphatic hydroxyl groups excluding tert-OH is 1. The first-order valence-electron chi connectivity index (χ1n) is 11.4. The molecule has 0 bridgehead atoms. The Morgan fingerprint density at radius 3 is 2.52 bits per heavy atom. The Morgan fingerprint density at radius 1 is 1.13 bits per heavy atom. The lowest BCUT2D eigenvalue weighted by Gasteiger charge is -2.36. The molecule has 1 N–H and O–H groups in total. The number of hydrogen-bond acceptors (Lipinski definition) is 3. The zero-order valence-electron chi connectivity index (χ0n) is 18.3. The number of anilines is 1. The number of aliphatic hydroxyl groups is 1. The lowest BCUT2D eigenvalue weighted by atomic mass is 9.76. The largest absolute Gasteiger partial charge is 0.465 e. The van der Waals surface area contributed by atoms with E-state index >= 15 is 0 Å². The average molecular weight is 442 g/mol. The van der Waals surface area contributed by atoms with E-state index in [1.54, 1.807) is 6.07 Å². The van der Waals surface area contributed by atoms with Crippen molar-refractivity contribution in [1.29, 1.82) is 0 Å². The van der Waals surface area contributed by atoms with Crippen molar-refractivity contribution >= 4 is 23.1 Å². The maximum atomic E-state index is 13.5. The molecule has 3 atom stereocenters. The minimum absolute atomic E-state index is 0.0542. The van der Waals surface area contributed by atoms with E-state index in [9.17, 15) is 9.50 Å². The summed E-state index contributed by atoms with van der Waals surface area (Å²) >= 11 is 5.68. The molecule has 0 spiro atoms. The lowest BCUT2D eigenvalue weighted by Crippen LogP contribution is -2.44. The molecule has 2 fully saturated rings. The highest BCUT2D eigenvalue weighted by molar-refractivity contribution is 7.80. The normalized spacial score (nSPS) is 27.2. The van der Waals surface area contributed by atoms with E-state index in [4.69, 9.17) is 17.0 Å². The van der Waals surface area contributed by atoms with E-state index < -0.39 is 6.10 Å². The first-order valence-corrected chi connectivity index (χ1v) is 11.8. The van der Waals surface area contributed by atoms with Crippen LogP contribution in [0.4, 0.5) is 10.1 Å². The van der Waals surface area contributed by atoms with Gasteiger partial charge in [0.1, 0.15) is 11.9 Å². The molecule has 1 aliphatic heterocycles. The zero-order chi connectivity index (χ0) is 22.0. The third-order valence-electron chi connectivity index (χ3n) is 7.02. The Hall–Kier alpha value is -1.98. The lowest BCUT2D eigenvalue weighted by molar-refractivity contribution is 0.107. The minimum Gasteiger partial charge on any atom is -0.465 e. The Morgan fingerprint density at radius 2 is 1.84 bits per heavy atom. The van der Waals surface area contributed by atoms with Crippen LogP contribution in [0.15, 0.2) is 48.5 Å². The highest BCUT2D eigenvalue weighted by Gasteiger charge is 2.45. The van der Waals surface area contributed by atoms with Crippen LogP contribution >= 0.6 is 12.2 Å². The fraction of sp³-hybridized carbons (Fsp3) is 0.500. The van der Waals surface area contributed by atoms with E-state index in [0.29, 0.717) is 23.9 Å². The van der Waals surface area contributed by atoms with Crippen LogP contribution in [0.1, 0.15) is 62.7 Å². The summed E-state index contributed by atoms with van der Waals surface area (Å²) in [6, 6.07) is 15.0. The van der Waals surface area contributed by atoms with Crippen molar-refractivity contribution < 1.29 is 14.2 Å². The van der Waals surface area contributed by atoms with Gasteiger partial charge in [-0.2, -0.15) is 0 Å². The second-order valence-electron chi connectivity index (χ2n) is 9.23. The molecule has 31 heavy (non-hydrogen) atoms. The number of nitrogens with zero attached hydrogens (tertiary/aromatic N) is 1. The van der Waals surface area contributed by atoms with Crippen LogP contribution in [-0.2, 0) is 4.74 Å². The molecule has 1 heterocycles. The summed E-state index contributed by atoms with van der Waals surface area (Å²) in [5, 5.41) is 11.3. The molecule has 2 aromatic carbocycles. The number of hydrogen-bond donors (Lipinski definition) is 1. The molecule has 3 nitrogen and oxygen atoms in total. The number of thiocarbonyl (C=S) groups is 1. The molecular formula is C26H32FNO2S. The van der Waals surface area contributed by atoms with Crippen LogP contribution in [0.25, 0.3) is 0 Å². The number of rotatable bonds is 6. The van der Waals surface area contributed by atoms with E-state index in [2.05, 4.69) is 24.0 Å². The number of para-hydroxylation sites is 1. The van der Waals surface area contributed by atoms with Crippen molar-refractivity contribution in [3.63, 3.8) is 0 Å². The van der Waals surface area contributed by atoms with Gasteiger partial charge in [-0.05, 0) is 92.1 Å². The molecule has 0 amide bonds. The van der Waals surface area contributed by atoms with Crippen molar-refractivity contribution in [2.75, 3.05) is 4.90 Å². The molecule has 0 aromatic heterocycles. The Labute approximate surface area is 190 Å². The Balaban J connectivity index is 1.53. The topological polar surface area (TPSA) is 32.7 Å². The highest BCUT2D eigenvalue weighted by Crippen LogP contribution is 2.41. The molecule has 4 rings (SSSR count). The van der Waals surface area contributed by atoms with Gasteiger partial charge in [-0.15, -0.1) is 0 Å². The van der Waals surface area contributed by atoms with Gasteiger partial charge in [-0.25, -0.2) is 4.39 Å². The van der Waals surface area contributed by atoms with Gasteiger partial charge in [-0.1, -0.05) is 44.0 Å². The van der Waals surface area contributed by atoms with E-state index in [-0.39, 0.29) is 18.0 Å². The molecule has 1 saturated heterocycles. The Kier molecular flexibility index (Phi) is 6.92. The van der Waals surface area contributed by atoms with Crippen LogP contribution in [-0.4, -0.2) is 22.4 Å². The van der Waals surface area contributed by atoms with Gasteiger partial charge in [0, 0.05) is 5.69 Å². The summed E-state index contributed by atoms with van der Waals surface area (Å²) in [5.41, 5.74) is 2.64. The number of halogens is 1. The van der Waals surface area contributed by atoms with Gasteiger partial charge in [0.15, 0.2) is 0 Å². The van der Waals surface area contributed by atoms with Crippen LogP contribution in [0.5, 0.6) is 0 Å².